The molecule has 23 heavy (non-hydrogen) atoms. The molecule has 1 atom stereocenters. The van der Waals surface area contributed by atoms with Crippen molar-refractivity contribution in [2.45, 2.75) is 19.9 Å². The highest BCUT2D eigenvalue weighted by Crippen LogP contribution is 2.14. The summed E-state index contributed by atoms with van der Waals surface area (Å²) < 4.78 is 15.5. The predicted octanol–water partition coefficient (Wildman–Crippen LogP) is 2.71. The largest absolute Gasteiger partial charge is 0.484 e. The number of nitrogens with one attached hydrogen (secondary N) is 1. The van der Waals surface area contributed by atoms with Crippen molar-refractivity contribution in [3.05, 3.63) is 54.0 Å². The Labute approximate surface area is 134 Å². The van der Waals surface area contributed by atoms with Gasteiger partial charge in [0.25, 0.3) is 5.91 Å². The van der Waals surface area contributed by atoms with Crippen molar-refractivity contribution >= 4 is 11.9 Å². The van der Waals surface area contributed by atoms with Gasteiger partial charge in [0.2, 0.25) is 0 Å². The zero-order valence-corrected chi connectivity index (χ0v) is 13.1. The molecule has 1 unspecified atom stereocenters. The van der Waals surface area contributed by atoms with Crippen LogP contribution in [0.4, 0.5) is 0 Å². The van der Waals surface area contributed by atoms with E-state index in [1.165, 1.54) is 0 Å². The van der Waals surface area contributed by atoms with Gasteiger partial charge < -0.3 is 19.2 Å². The highest BCUT2D eigenvalue weighted by Gasteiger charge is 2.12. The van der Waals surface area contributed by atoms with Crippen LogP contribution in [0.2, 0.25) is 0 Å². The van der Waals surface area contributed by atoms with Gasteiger partial charge in [0.1, 0.15) is 11.5 Å². The number of hydrogen-bond donors (Lipinski definition) is 1. The third-order valence-corrected chi connectivity index (χ3v) is 3.08. The van der Waals surface area contributed by atoms with Crippen LogP contribution in [0.1, 0.15) is 36.0 Å². The molecular formula is C17H19NO5. The molecular weight excluding hydrogens is 298 g/mol. The molecule has 0 aliphatic heterocycles. The number of benzene rings is 1. The first-order valence-corrected chi connectivity index (χ1v) is 7.33. The van der Waals surface area contributed by atoms with Crippen LogP contribution in [0.25, 0.3) is 0 Å². The van der Waals surface area contributed by atoms with E-state index in [0.29, 0.717) is 23.7 Å². The molecule has 0 bridgehead atoms. The average molecular weight is 317 g/mol. The molecule has 1 aromatic heterocycles. The van der Waals surface area contributed by atoms with Crippen LogP contribution >= 0.6 is 0 Å². The smallest absolute Gasteiger partial charge is 0.338 e. The molecule has 0 spiro atoms. The third kappa shape index (κ3) is 4.88. The molecule has 1 aromatic carbocycles. The molecule has 2 aromatic rings. The second kappa shape index (κ2) is 8.03. The number of furan rings is 1. The molecule has 2 rings (SSSR count). The lowest BCUT2D eigenvalue weighted by Crippen LogP contribution is -2.31. The van der Waals surface area contributed by atoms with E-state index in [1.807, 2.05) is 6.92 Å². The lowest BCUT2D eigenvalue weighted by atomic mass is 10.2. The number of carbonyl (C=O) groups excluding carboxylic acids is 2. The Bertz CT molecular complexity index is 634. The summed E-state index contributed by atoms with van der Waals surface area (Å²) in [6, 6.07) is 9.75. The first-order valence-electron chi connectivity index (χ1n) is 7.33. The Morgan fingerprint density at radius 2 is 1.96 bits per heavy atom. The van der Waals surface area contributed by atoms with Crippen molar-refractivity contribution in [1.29, 1.82) is 0 Å². The predicted molar refractivity (Wildman–Crippen MR) is 83.2 cm³/mol. The van der Waals surface area contributed by atoms with Gasteiger partial charge in [-0.05, 0) is 50.2 Å². The fraction of sp³-hybridized carbons (Fsp3) is 0.294. The van der Waals surface area contributed by atoms with E-state index in [2.05, 4.69) is 5.32 Å². The maximum absolute atomic E-state index is 11.8. The minimum atomic E-state index is -0.385. The molecule has 1 N–H and O–H groups in total. The number of rotatable bonds is 7. The van der Waals surface area contributed by atoms with Crippen molar-refractivity contribution in [3.8, 4) is 5.75 Å². The van der Waals surface area contributed by atoms with Crippen LogP contribution < -0.4 is 10.1 Å². The summed E-state index contributed by atoms with van der Waals surface area (Å²) >= 11 is 0. The van der Waals surface area contributed by atoms with E-state index in [0.717, 1.165) is 0 Å². The average Bonchev–Trinajstić information content (AvgIpc) is 3.08. The molecule has 0 aliphatic rings. The lowest BCUT2D eigenvalue weighted by Gasteiger charge is -2.12. The van der Waals surface area contributed by atoms with Crippen molar-refractivity contribution in [2.24, 2.45) is 0 Å². The maximum Gasteiger partial charge on any atom is 0.338 e. The summed E-state index contributed by atoms with van der Waals surface area (Å²) in [6.45, 7) is 3.78. The fourth-order valence-electron chi connectivity index (χ4n) is 1.94. The van der Waals surface area contributed by atoms with Crippen LogP contribution in [0.3, 0.4) is 0 Å². The van der Waals surface area contributed by atoms with Gasteiger partial charge in [0, 0.05) is 0 Å². The summed E-state index contributed by atoms with van der Waals surface area (Å²) in [5, 5.41) is 2.77. The van der Waals surface area contributed by atoms with Gasteiger partial charge in [-0.2, -0.15) is 0 Å². The summed E-state index contributed by atoms with van der Waals surface area (Å²) in [4.78, 5) is 23.4. The van der Waals surface area contributed by atoms with Crippen molar-refractivity contribution in [3.63, 3.8) is 0 Å². The second-order valence-electron chi connectivity index (χ2n) is 4.84. The third-order valence-electron chi connectivity index (χ3n) is 3.08. The van der Waals surface area contributed by atoms with Gasteiger partial charge in [0.05, 0.1) is 24.5 Å². The van der Waals surface area contributed by atoms with Crippen LogP contribution in [0.15, 0.2) is 47.1 Å². The van der Waals surface area contributed by atoms with E-state index < -0.39 is 0 Å². The Kier molecular flexibility index (Phi) is 5.80. The normalized spacial score (nSPS) is 11.6. The molecule has 0 aliphatic carbocycles. The Morgan fingerprint density at radius 1 is 1.22 bits per heavy atom. The number of hydrogen-bond acceptors (Lipinski definition) is 5. The van der Waals surface area contributed by atoms with E-state index in [-0.39, 0.29) is 24.5 Å². The highest BCUT2D eigenvalue weighted by molar-refractivity contribution is 5.89. The minimum absolute atomic E-state index is 0.121. The topological polar surface area (TPSA) is 77.8 Å². The molecule has 0 saturated heterocycles. The zero-order chi connectivity index (χ0) is 16.7. The Hall–Kier alpha value is -2.76. The molecule has 0 fully saturated rings. The molecule has 6 heteroatoms. The molecule has 6 nitrogen and oxygen atoms in total. The lowest BCUT2D eigenvalue weighted by molar-refractivity contribution is -0.123. The van der Waals surface area contributed by atoms with Gasteiger partial charge >= 0.3 is 5.97 Å². The number of carbonyl (C=O) groups is 2. The second-order valence-corrected chi connectivity index (χ2v) is 4.84. The summed E-state index contributed by atoms with van der Waals surface area (Å²) in [7, 11) is 0. The van der Waals surface area contributed by atoms with Gasteiger partial charge in [0.15, 0.2) is 6.61 Å². The Balaban J connectivity index is 1.81. The van der Waals surface area contributed by atoms with Crippen LogP contribution in [-0.2, 0) is 9.53 Å². The van der Waals surface area contributed by atoms with Crippen LogP contribution in [0, 0.1) is 0 Å². The van der Waals surface area contributed by atoms with E-state index >= 15 is 0 Å². The molecule has 0 radical (unpaired) electrons. The first kappa shape index (κ1) is 16.6. The maximum atomic E-state index is 11.8. The zero-order valence-electron chi connectivity index (χ0n) is 13.1. The number of esters is 1. The van der Waals surface area contributed by atoms with Gasteiger partial charge in [-0.15, -0.1) is 0 Å². The monoisotopic (exact) mass is 317 g/mol. The minimum Gasteiger partial charge on any atom is -0.484 e. The van der Waals surface area contributed by atoms with Gasteiger partial charge in [-0.3, -0.25) is 4.79 Å². The number of ether oxygens (including phenoxy) is 2. The van der Waals surface area contributed by atoms with Crippen molar-refractivity contribution in [1.82, 2.24) is 5.32 Å². The quantitative estimate of drug-likeness (QED) is 0.794. The molecule has 122 valence electrons. The van der Waals surface area contributed by atoms with E-state index in [9.17, 15) is 9.59 Å². The molecule has 1 amide bonds. The van der Waals surface area contributed by atoms with E-state index in [4.69, 9.17) is 13.9 Å². The van der Waals surface area contributed by atoms with Crippen LogP contribution in [-0.4, -0.2) is 25.1 Å². The standard InChI is InChI=1S/C17H19NO5/c1-3-21-17(20)13-6-8-14(9-7-13)23-11-16(19)18-12(2)15-5-4-10-22-15/h4-10,12H,3,11H2,1-2H3,(H,18,19). The fourth-order valence-corrected chi connectivity index (χ4v) is 1.94. The first-order chi connectivity index (χ1) is 11.1. The van der Waals surface area contributed by atoms with E-state index in [1.54, 1.807) is 49.6 Å². The van der Waals surface area contributed by atoms with Crippen molar-refractivity contribution < 1.29 is 23.5 Å². The highest BCUT2D eigenvalue weighted by atomic mass is 16.5. The summed E-state index contributed by atoms with van der Waals surface area (Å²) in [6.07, 6.45) is 1.56. The van der Waals surface area contributed by atoms with Gasteiger partial charge in [-0.1, -0.05) is 0 Å². The Morgan fingerprint density at radius 3 is 2.57 bits per heavy atom. The van der Waals surface area contributed by atoms with Gasteiger partial charge in [-0.25, -0.2) is 4.79 Å². The van der Waals surface area contributed by atoms with Crippen molar-refractivity contribution in [2.75, 3.05) is 13.2 Å². The molecule has 0 saturated carbocycles. The number of amides is 1. The molecule has 1 heterocycles. The summed E-state index contributed by atoms with van der Waals surface area (Å²) in [5.74, 6) is 0.531. The SMILES string of the molecule is CCOC(=O)c1ccc(OCC(=O)NC(C)c2ccco2)cc1. The van der Waals surface area contributed by atoms with Crippen LogP contribution in [0.5, 0.6) is 5.75 Å². The summed E-state index contributed by atoms with van der Waals surface area (Å²) in [5.41, 5.74) is 0.440.